The quantitative estimate of drug-likeness (QED) is 0.112. The molecule has 1 heterocycles. The Labute approximate surface area is 247 Å². The zero-order chi connectivity index (χ0) is 30.2. The molecule has 0 atom stereocenters. The second kappa shape index (κ2) is 14.0. The summed E-state index contributed by atoms with van der Waals surface area (Å²) in [5, 5.41) is 29.1. The van der Waals surface area contributed by atoms with Gasteiger partial charge in [0, 0.05) is 41.6 Å². The van der Waals surface area contributed by atoms with Gasteiger partial charge in [0.2, 0.25) is 5.91 Å². The molecule has 3 aromatic carbocycles. The summed E-state index contributed by atoms with van der Waals surface area (Å²) in [5.74, 6) is -0.824. The summed E-state index contributed by atoms with van der Waals surface area (Å²) in [4.78, 5) is 35.7. The summed E-state index contributed by atoms with van der Waals surface area (Å²) in [7, 11) is 1.86. The van der Waals surface area contributed by atoms with E-state index in [2.05, 4.69) is 22.5 Å². The zero-order valence-electron chi connectivity index (χ0n) is 23.0. The number of rotatable bonds is 13. The van der Waals surface area contributed by atoms with Gasteiger partial charge in [0.15, 0.2) is 5.78 Å². The number of ketones is 1. The maximum absolute atomic E-state index is 12.4. The van der Waals surface area contributed by atoms with Gasteiger partial charge in [0.1, 0.15) is 36.3 Å². The van der Waals surface area contributed by atoms with Crippen LogP contribution in [0.5, 0.6) is 11.5 Å². The fraction of sp³-hybridized carbons (Fsp3) is 0.226. The standard InChI is InChI=1S/C31H31N3O7S/c1-18-3-6-23-26(11-18)41-27-12-19(14-32-2)4-7-24(27)29(23)25-13-20(5-8-22(25)31(38)39)30(42)34-10-9-33-28(37)17-40-16-21(36)15-35/h3-8,11-13,32,35H,1,9-10,14-17H2,2H3,(H,33,37)(H,34,42)(H,38,39). The summed E-state index contributed by atoms with van der Waals surface area (Å²) >= 11 is 5.59. The van der Waals surface area contributed by atoms with E-state index in [1.165, 1.54) is 6.07 Å². The lowest BCUT2D eigenvalue weighted by Crippen LogP contribution is -2.36. The van der Waals surface area contributed by atoms with Crippen molar-refractivity contribution in [2.75, 3.05) is 40.0 Å². The van der Waals surface area contributed by atoms with Crippen molar-refractivity contribution < 1.29 is 34.1 Å². The molecule has 4 rings (SSSR count). The molecule has 1 amide bonds. The van der Waals surface area contributed by atoms with Gasteiger partial charge < -0.3 is 35.6 Å². The molecule has 0 bridgehead atoms. The summed E-state index contributed by atoms with van der Waals surface area (Å²) in [6.45, 7) is 3.89. The van der Waals surface area contributed by atoms with E-state index < -0.39 is 24.3 Å². The van der Waals surface area contributed by atoms with Gasteiger partial charge in [0.05, 0.1) is 5.56 Å². The first kappa shape index (κ1) is 30.5. The van der Waals surface area contributed by atoms with Crippen molar-refractivity contribution in [3.05, 3.63) is 92.9 Å². The van der Waals surface area contributed by atoms with Crippen LogP contribution in [0.15, 0.2) is 54.6 Å². The highest BCUT2D eigenvalue weighted by molar-refractivity contribution is 7.80. The monoisotopic (exact) mass is 589 g/mol. The molecule has 0 radical (unpaired) electrons. The Morgan fingerprint density at radius 3 is 2.48 bits per heavy atom. The number of ether oxygens (including phenoxy) is 2. The van der Waals surface area contributed by atoms with Crippen LogP contribution in [0.2, 0.25) is 0 Å². The van der Waals surface area contributed by atoms with Crippen LogP contribution in [-0.4, -0.2) is 72.8 Å². The molecule has 0 aromatic heterocycles. The molecule has 5 N–H and O–H groups in total. The lowest BCUT2D eigenvalue weighted by atomic mass is 9.88. The SMILES string of the molecule is C=c1ccc2c(c1)Oc1cc(CNC)ccc1C=2c1cc(C(=S)NCCNC(=O)COCC(=O)CO)ccc1C(=O)O. The minimum Gasteiger partial charge on any atom is -0.478 e. The maximum Gasteiger partial charge on any atom is 0.336 e. The van der Waals surface area contributed by atoms with Gasteiger partial charge in [-0.3, -0.25) is 9.59 Å². The van der Waals surface area contributed by atoms with E-state index in [9.17, 15) is 19.5 Å². The average molecular weight is 590 g/mol. The third-order valence-corrected chi connectivity index (χ3v) is 6.80. The maximum atomic E-state index is 12.4. The summed E-state index contributed by atoms with van der Waals surface area (Å²) < 4.78 is 11.2. The molecular formula is C31H31N3O7S. The van der Waals surface area contributed by atoms with Crippen molar-refractivity contribution in [1.82, 2.24) is 16.0 Å². The van der Waals surface area contributed by atoms with Gasteiger partial charge in [-0.05, 0) is 47.7 Å². The Kier molecular flexibility index (Phi) is 10.2. The van der Waals surface area contributed by atoms with E-state index >= 15 is 0 Å². The number of hydrogen-bond donors (Lipinski definition) is 5. The first-order valence-corrected chi connectivity index (χ1v) is 13.5. The second-order valence-electron chi connectivity index (χ2n) is 9.53. The van der Waals surface area contributed by atoms with Crippen LogP contribution < -0.4 is 31.1 Å². The van der Waals surface area contributed by atoms with Crippen molar-refractivity contribution in [3.8, 4) is 11.5 Å². The van der Waals surface area contributed by atoms with E-state index in [1.807, 2.05) is 43.4 Å². The van der Waals surface area contributed by atoms with Crippen LogP contribution >= 0.6 is 12.2 Å². The fourth-order valence-electron chi connectivity index (χ4n) is 4.50. The van der Waals surface area contributed by atoms with Crippen LogP contribution in [0.1, 0.15) is 32.6 Å². The molecule has 1 aliphatic heterocycles. The first-order valence-electron chi connectivity index (χ1n) is 13.1. The highest BCUT2D eigenvalue weighted by Crippen LogP contribution is 2.38. The van der Waals surface area contributed by atoms with E-state index in [0.717, 1.165) is 21.6 Å². The molecule has 1 aliphatic rings. The number of aliphatic hydroxyl groups excluding tert-OH is 1. The van der Waals surface area contributed by atoms with Gasteiger partial charge in [-0.25, -0.2) is 4.79 Å². The van der Waals surface area contributed by atoms with Gasteiger partial charge in [0.25, 0.3) is 0 Å². The molecule has 11 heteroatoms. The predicted molar refractivity (Wildman–Crippen MR) is 161 cm³/mol. The van der Waals surface area contributed by atoms with Crippen LogP contribution in [-0.2, 0) is 20.9 Å². The summed E-state index contributed by atoms with van der Waals surface area (Å²) in [6.07, 6.45) is 0. The number of carboxylic acid groups (broad SMARTS) is 1. The minimum atomic E-state index is -1.08. The van der Waals surface area contributed by atoms with Gasteiger partial charge in [-0.1, -0.05) is 49.1 Å². The van der Waals surface area contributed by atoms with Crippen LogP contribution in [0.3, 0.4) is 0 Å². The third kappa shape index (κ3) is 7.25. The fourth-order valence-corrected chi connectivity index (χ4v) is 4.73. The molecule has 0 spiro atoms. The number of amides is 1. The molecule has 3 aromatic rings. The number of carbonyl (C=O) groups is 3. The van der Waals surface area contributed by atoms with Crippen molar-refractivity contribution in [2.45, 2.75) is 6.54 Å². The van der Waals surface area contributed by atoms with E-state index in [0.29, 0.717) is 46.3 Å². The average Bonchev–Trinajstić information content (AvgIpc) is 2.97. The molecule has 0 fully saturated rings. The number of fused-ring (bicyclic) bond motifs is 2. The topological polar surface area (TPSA) is 146 Å². The highest BCUT2D eigenvalue weighted by Gasteiger charge is 2.25. The lowest BCUT2D eigenvalue weighted by Gasteiger charge is -2.23. The molecule has 218 valence electrons. The third-order valence-electron chi connectivity index (χ3n) is 6.42. The minimum absolute atomic E-state index is 0.111. The molecular weight excluding hydrogens is 558 g/mol. The molecule has 10 nitrogen and oxygen atoms in total. The Balaban J connectivity index is 1.61. The number of aliphatic hydroxyl groups is 1. The molecule has 0 unspecified atom stereocenters. The number of thiocarbonyl (C=S) groups is 1. The largest absolute Gasteiger partial charge is 0.478 e. The molecule has 42 heavy (non-hydrogen) atoms. The van der Waals surface area contributed by atoms with Crippen LogP contribution in [0, 0.1) is 0 Å². The van der Waals surface area contributed by atoms with E-state index in [-0.39, 0.29) is 25.3 Å². The number of carboxylic acids is 1. The first-order chi connectivity index (χ1) is 20.2. The van der Waals surface area contributed by atoms with Crippen LogP contribution in [0.4, 0.5) is 0 Å². The van der Waals surface area contributed by atoms with Gasteiger partial charge >= 0.3 is 5.97 Å². The Morgan fingerprint density at radius 2 is 1.74 bits per heavy atom. The second-order valence-corrected chi connectivity index (χ2v) is 9.94. The number of benzene rings is 3. The molecule has 0 saturated heterocycles. The van der Waals surface area contributed by atoms with Crippen LogP contribution in [0.25, 0.3) is 12.2 Å². The number of carbonyl (C=O) groups excluding carboxylic acids is 2. The smallest absolute Gasteiger partial charge is 0.336 e. The number of nitrogens with one attached hydrogen (secondary N) is 3. The number of Topliss-reactive ketones (excluding diaryl/α,β-unsaturated/α-hetero) is 1. The Hall–Kier alpha value is -4.42. The summed E-state index contributed by atoms with van der Waals surface area (Å²) in [6, 6.07) is 16.3. The highest BCUT2D eigenvalue weighted by atomic mass is 32.1. The Morgan fingerprint density at radius 1 is 0.952 bits per heavy atom. The van der Waals surface area contributed by atoms with Crippen molar-refractivity contribution >= 4 is 47.0 Å². The lowest BCUT2D eigenvalue weighted by molar-refractivity contribution is -0.131. The molecule has 0 saturated carbocycles. The summed E-state index contributed by atoms with van der Waals surface area (Å²) in [5.41, 5.74) is 3.67. The number of aromatic carboxylic acids is 1. The van der Waals surface area contributed by atoms with Gasteiger partial charge in [-0.15, -0.1) is 0 Å². The zero-order valence-corrected chi connectivity index (χ0v) is 23.8. The predicted octanol–water partition coefficient (Wildman–Crippen LogP) is 0.827. The van der Waals surface area contributed by atoms with Gasteiger partial charge in [-0.2, -0.15) is 0 Å². The van der Waals surface area contributed by atoms with Crippen molar-refractivity contribution in [3.63, 3.8) is 0 Å². The van der Waals surface area contributed by atoms with E-state index in [4.69, 9.17) is 26.8 Å². The number of hydrogen-bond acceptors (Lipinski definition) is 8. The van der Waals surface area contributed by atoms with E-state index in [1.54, 1.807) is 12.1 Å². The Bertz CT molecular complexity index is 1650. The van der Waals surface area contributed by atoms with Crippen molar-refractivity contribution in [1.29, 1.82) is 0 Å². The van der Waals surface area contributed by atoms with Crippen molar-refractivity contribution in [2.24, 2.45) is 0 Å². The normalized spacial score (nSPS) is 11.6. The molecule has 0 aliphatic carbocycles.